The summed E-state index contributed by atoms with van der Waals surface area (Å²) in [6, 6.07) is 4.04. The van der Waals surface area contributed by atoms with Crippen LogP contribution in [-0.4, -0.2) is 57.7 Å². The molecular weight excluding hydrogens is 320 g/mol. The lowest BCUT2D eigenvalue weighted by molar-refractivity contribution is -0.0766. The van der Waals surface area contributed by atoms with Gasteiger partial charge < -0.3 is 19.4 Å². The highest BCUT2D eigenvalue weighted by atomic mass is 16.5. The van der Waals surface area contributed by atoms with Crippen LogP contribution in [0.25, 0.3) is 0 Å². The summed E-state index contributed by atoms with van der Waals surface area (Å²) in [4.78, 5) is 25.6. The van der Waals surface area contributed by atoms with Gasteiger partial charge in [0.2, 0.25) is 0 Å². The highest BCUT2D eigenvalue weighted by Crippen LogP contribution is 2.35. The topological polar surface area (TPSA) is 80.3 Å². The molecule has 1 saturated heterocycles. The summed E-state index contributed by atoms with van der Waals surface area (Å²) in [5, 5.41) is 0. The summed E-state index contributed by atoms with van der Waals surface area (Å²) in [7, 11) is 0. The number of ether oxygens (including phenoxy) is 2. The predicted molar refractivity (Wildman–Crippen MR) is 89.8 cm³/mol. The number of carbonyl (C=O) groups excluding carboxylic acids is 1. The fraction of sp³-hybridized carbons (Fsp3) is 0.500. The average molecular weight is 342 g/mol. The molecule has 1 amide bonds. The SMILES string of the molecule is O=C(c1cnc[nH]1)N1CCOC2C(COCc3cccnc3)CCC21. The zero-order valence-electron chi connectivity index (χ0n) is 14.0. The Morgan fingerprint density at radius 3 is 3.12 bits per heavy atom. The number of nitrogens with zero attached hydrogens (tertiary/aromatic N) is 3. The third-order valence-corrected chi connectivity index (χ3v) is 5.03. The fourth-order valence-corrected chi connectivity index (χ4v) is 3.83. The van der Waals surface area contributed by atoms with E-state index in [1.165, 1.54) is 6.33 Å². The van der Waals surface area contributed by atoms with Crippen molar-refractivity contribution in [2.75, 3.05) is 19.8 Å². The van der Waals surface area contributed by atoms with E-state index in [9.17, 15) is 4.79 Å². The Morgan fingerprint density at radius 1 is 1.36 bits per heavy atom. The number of aromatic amines is 1. The lowest BCUT2D eigenvalue weighted by Crippen LogP contribution is -2.53. The Kier molecular flexibility index (Phi) is 4.76. The number of amides is 1. The molecule has 25 heavy (non-hydrogen) atoms. The minimum absolute atomic E-state index is 0.00716. The molecule has 2 aliphatic rings. The molecule has 7 heteroatoms. The number of H-pyrrole nitrogens is 1. The number of hydrogen-bond acceptors (Lipinski definition) is 5. The van der Waals surface area contributed by atoms with Gasteiger partial charge in [-0.25, -0.2) is 4.98 Å². The average Bonchev–Trinajstić information content (AvgIpc) is 3.32. The number of pyridine rings is 1. The summed E-state index contributed by atoms with van der Waals surface area (Å²) in [6.07, 6.45) is 8.70. The number of morpholine rings is 1. The second-order valence-electron chi connectivity index (χ2n) is 6.58. The van der Waals surface area contributed by atoms with E-state index >= 15 is 0 Å². The molecular formula is C18H22N4O3. The zero-order chi connectivity index (χ0) is 17.1. The van der Waals surface area contributed by atoms with Gasteiger partial charge >= 0.3 is 0 Å². The van der Waals surface area contributed by atoms with Crippen molar-refractivity contribution < 1.29 is 14.3 Å². The second-order valence-corrected chi connectivity index (χ2v) is 6.58. The van der Waals surface area contributed by atoms with Crippen molar-refractivity contribution >= 4 is 5.91 Å². The number of imidazole rings is 1. The van der Waals surface area contributed by atoms with E-state index in [4.69, 9.17) is 9.47 Å². The van der Waals surface area contributed by atoms with E-state index in [0.717, 1.165) is 18.4 Å². The van der Waals surface area contributed by atoms with Crippen molar-refractivity contribution in [3.63, 3.8) is 0 Å². The van der Waals surface area contributed by atoms with Crippen LogP contribution in [0.1, 0.15) is 28.9 Å². The van der Waals surface area contributed by atoms with Crippen LogP contribution in [0.3, 0.4) is 0 Å². The fourth-order valence-electron chi connectivity index (χ4n) is 3.83. The number of carbonyl (C=O) groups is 1. The van der Waals surface area contributed by atoms with Crippen LogP contribution in [0, 0.1) is 5.92 Å². The van der Waals surface area contributed by atoms with E-state index in [1.807, 2.05) is 23.2 Å². The summed E-state index contributed by atoms with van der Waals surface area (Å²) in [6.45, 7) is 2.39. The standard InChI is InChI=1S/C18H22N4O3/c23-18(15-9-20-12-21-15)22-6-7-25-17-14(3-4-16(17)22)11-24-10-13-2-1-5-19-8-13/h1-2,5,8-9,12,14,16-17H,3-4,6-7,10-11H2,(H,20,21). The van der Waals surface area contributed by atoms with Gasteiger partial charge in [0.1, 0.15) is 5.69 Å². The molecule has 1 aliphatic heterocycles. The first-order valence-corrected chi connectivity index (χ1v) is 8.70. The maximum absolute atomic E-state index is 12.7. The molecule has 1 N–H and O–H groups in total. The van der Waals surface area contributed by atoms with Gasteiger partial charge in [-0.1, -0.05) is 6.07 Å². The van der Waals surface area contributed by atoms with Crippen LogP contribution in [0.15, 0.2) is 37.1 Å². The van der Waals surface area contributed by atoms with Crippen LogP contribution in [0.4, 0.5) is 0 Å². The summed E-state index contributed by atoms with van der Waals surface area (Å²) >= 11 is 0. The summed E-state index contributed by atoms with van der Waals surface area (Å²) in [5.74, 6) is 0.326. The highest BCUT2D eigenvalue weighted by Gasteiger charge is 2.44. The lowest BCUT2D eigenvalue weighted by Gasteiger charge is -2.39. The third-order valence-electron chi connectivity index (χ3n) is 5.03. The maximum atomic E-state index is 12.7. The Hall–Kier alpha value is -2.25. The van der Waals surface area contributed by atoms with Crippen molar-refractivity contribution in [3.05, 3.63) is 48.3 Å². The predicted octanol–water partition coefficient (Wildman–Crippen LogP) is 1.64. The Bertz CT molecular complexity index is 692. The minimum Gasteiger partial charge on any atom is -0.376 e. The van der Waals surface area contributed by atoms with Gasteiger partial charge in [0.05, 0.1) is 44.5 Å². The monoisotopic (exact) mass is 342 g/mol. The van der Waals surface area contributed by atoms with E-state index in [1.54, 1.807) is 12.4 Å². The van der Waals surface area contributed by atoms with Crippen molar-refractivity contribution in [1.29, 1.82) is 0 Å². The molecule has 4 rings (SSSR count). The molecule has 2 aromatic heterocycles. The van der Waals surface area contributed by atoms with E-state index in [-0.39, 0.29) is 18.1 Å². The molecule has 2 aromatic rings. The van der Waals surface area contributed by atoms with Gasteiger partial charge in [-0.15, -0.1) is 0 Å². The summed E-state index contributed by atoms with van der Waals surface area (Å²) < 4.78 is 11.9. The first-order valence-electron chi connectivity index (χ1n) is 8.70. The van der Waals surface area contributed by atoms with Gasteiger partial charge in [-0.3, -0.25) is 9.78 Å². The minimum atomic E-state index is 0.00716. The van der Waals surface area contributed by atoms with E-state index in [2.05, 4.69) is 15.0 Å². The number of fused-ring (bicyclic) bond motifs is 1. The number of nitrogens with one attached hydrogen (secondary N) is 1. The first kappa shape index (κ1) is 16.2. The van der Waals surface area contributed by atoms with Crippen LogP contribution in [0.5, 0.6) is 0 Å². The van der Waals surface area contributed by atoms with E-state index in [0.29, 0.717) is 38.0 Å². The van der Waals surface area contributed by atoms with Crippen molar-refractivity contribution in [3.8, 4) is 0 Å². The molecule has 0 aromatic carbocycles. The molecule has 7 nitrogen and oxygen atoms in total. The second kappa shape index (κ2) is 7.33. The Balaban J connectivity index is 1.35. The van der Waals surface area contributed by atoms with Gasteiger partial charge in [-0.2, -0.15) is 0 Å². The van der Waals surface area contributed by atoms with Gasteiger partial charge in [0.25, 0.3) is 5.91 Å². The van der Waals surface area contributed by atoms with Crippen molar-refractivity contribution in [2.24, 2.45) is 5.92 Å². The van der Waals surface area contributed by atoms with Crippen LogP contribution >= 0.6 is 0 Å². The van der Waals surface area contributed by atoms with Crippen LogP contribution < -0.4 is 0 Å². The van der Waals surface area contributed by atoms with Gasteiger partial charge in [-0.05, 0) is 24.5 Å². The molecule has 1 saturated carbocycles. The molecule has 3 heterocycles. The lowest BCUT2D eigenvalue weighted by atomic mass is 10.0. The number of rotatable bonds is 5. The quantitative estimate of drug-likeness (QED) is 0.893. The molecule has 1 aliphatic carbocycles. The number of hydrogen-bond donors (Lipinski definition) is 1. The van der Waals surface area contributed by atoms with Gasteiger partial charge in [0.15, 0.2) is 0 Å². The molecule has 0 spiro atoms. The smallest absolute Gasteiger partial charge is 0.272 e. The molecule has 2 fully saturated rings. The molecule has 3 unspecified atom stereocenters. The van der Waals surface area contributed by atoms with Crippen LogP contribution in [0.2, 0.25) is 0 Å². The summed E-state index contributed by atoms with van der Waals surface area (Å²) in [5.41, 5.74) is 1.61. The zero-order valence-corrected chi connectivity index (χ0v) is 14.0. The molecule has 0 bridgehead atoms. The Labute approximate surface area is 146 Å². The van der Waals surface area contributed by atoms with Crippen molar-refractivity contribution in [1.82, 2.24) is 19.9 Å². The van der Waals surface area contributed by atoms with Crippen LogP contribution in [-0.2, 0) is 16.1 Å². The number of aromatic nitrogens is 3. The maximum Gasteiger partial charge on any atom is 0.272 e. The van der Waals surface area contributed by atoms with Crippen molar-refractivity contribution in [2.45, 2.75) is 31.6 Å². The normalized spacial score (nSPS) is 25.8. The van der Waals surface area contributed by atoms with Gasteiger partial charge in [0, 0.05) is 24.9 Å². The third kappa shape index (κ3) is 3.43. The molecule has 0 radical (unpaired) electrons. The highest BCUT2D eigenvalue weighted by molar-refractivity contribution is 5.92. The first-order chi connectivity index (χ1) is 12.3. The largest absolute Gasteiger partial charge is 0.376 e. The molecule has 3 atom stereocenters. The van der Waals surface area contributed by atoms with E-state index < -0.39 is 0 Å². The molecule has 132 valence electrons. The Morgan fingerprint density at radius 2 is 2.32 bits per heavy atom.